The molecule has 190 valence electrons. The van der Waals surface area contributed by atoms with Gasteiger partial charge in [-0.2, -0.15) is 4.31 Å². The van der Waals surface area contributed by atoms with E-state index in [1.165, 1.54) is 28.8 Å². The Hall–Kier alpha value is -2.84. The van der Waals surface area contributed by atoms with E-state index < -0.39 is 10.0 Å². The van der Waals surface area contributed by atoms with Crippen molar-refractivity contribution in [3.8, 4) is 0 Å². The number of aliphatic imine (C=N–C) groups is 1. The van der Waals surface area contributed by atoms with Crippen LogP contribution in [0.15, 0.2) is 78.0 Å². The van der Waals surface area contributed by atoms with Crippen LogP contribution in [0.3, 0.4) is 0 Å². The molecular weight excluding hydrogens is 465 g/mol. The van der Waals surface area contributed by atoms with Gasteiger partial charge in [-0.1, -0.05) is 50.8 Å². The number of allylic oxidation sites excluding steroid dienone is 5. The van der Waals surface area contributed by atoms with Crippen molar-refractivity contribution in [2.45, 2.75) is 45.6 Å². The van der Waals surface area contributed by atoms with E-state index in [-0.39, 0.29) is 23.7 Å². The molecule has 1 heterocycles. The molecule has 1 aliphatic heterocycles. The summed E-state index contributed by atoms with van der Waals surface area (Å²) in [6.07, 6.45) is 14.3. The molecule has 1 aliphatic rings. The number of amides is 1. The van der Waals surface area contributed by atoms with Gasteiger partial charge in [0.25, 0.3) is 0 Å². The number of carbonyl (C=O) groups excluding carboxylic acids is 1. The van der Waals surface area contributed by atoms with Gasteiger partial charge in [-0.05, 0) is 60.9 Å². The van der Waals surface area contributed by atoms with E-state index in [2.05, 4.69) is 16.9 Å². The van der Waals surface area contributed by atoms with Crippen LogP contribution in [0.2, 0.25) is 0 Å². The quantitative estimate of drug-likeness (QED) is 0.530. The zero-order valence-electron chi connectivity index (χ0n) is 20.8. The molecule has 1 amide bonds. The van der Waals surface area contributed by atoms with Crippen molar-refractivity contribution in [1.82, 2.24) is 9.62 Å². The van der Waals surface area contributed by atoms with Gasteiger partial charge in [0.1, 0.15) is 5.82 Å². The van der Waals surface area contributed by atoms with Crippen LogP contribution in [-0.4, -0.2) is 49.7 Å². The van der Waals surface area contributed by atoms with E-state index in [0.717, 1.165) is 17.6 Å². The highest BCUT2D eigenvalue weighted by molar-refractivity contribution is 7.88. The molecule has 2 unspecified atom stereocenters. The van der Waals surface area contributed by atoms with Crippen molar-refractivity contribution in [2.75, 3.05) is 19.3 Å². The molecule has 2 atom stereocenters. The number of nitrogens with one attached hydrogen (secondary N) is 1. The summed E-state index contributed by atoms with van der Waals surface area (Å²) in [6.45, 7) is 8.40. The Morgan fingerprint density at radius 2 is 2.00 bits per heavy atom. The Kier molecular flexibility index (Phi) is 11.3. The first-order valence-electron chi connectivity index (χ1n) is 11.9. The second kappa shape index (κ2) is 13.9. The highest BCUT2D eigenvalue weighted by Crippen LogP contribution is 2.20. The highest BCUT2D eigenvalue weighted by Gasteiger charge is 2.29. The Bertz CT molecular complexity index is 1090. The maximum Gasteiger partial charge on any atom is 0.244 e. The van der Waals surface area contributed by atoms with Crippen LogP contribution in [-0.2, 0) is 21.2 Å². The molecule has 8 heteroatoms. The van der Waals surface area contributed by atoms with E-state index >= 15 is 0 Å². The van der Waals surface area contributed by atoms with Gasteiger partial charge >= 0.3 is 0 Å². The van der Waals surface area contributed by atoms with Gasteiger partial charge in [-0.25, -0.2) is 12.8 Å². The van der Waals surface area contributed by atoms with Gasteiger partial charge in [0, 0.05) is 31.4 Å². The molecule has 0 spiro atoms. The Labute approximate surface area is 209 Å². The summed E-state index contributed by atoms with van der Waals surface area (Å²) >= 11 is 0. The molecule has 2 rings (SSSR count). The van der Waals surface area contributed by atoms with Crippen LogP contribution in [0.25, 0.3) is 0 Å². The van der Waals surface area contributed by atoms with Crippen LogP contribution < -0.4 is 5.32 Å². The minimum atomic E-state index is -3.37. The number of sulfonamides is 1. The van der Waals surface area contributed by atoms with Gasteiger partial charge < -0.3 is 5.32 Å². The smallest absolute Gasteiger partial charge is 0.244 e. The first kappa shape index (κ1) is 28.4. The van der Waals surface area contributed by atoms with Gasteiger partial charge in [-0.3, -0.25) is 9.79 Å². The maximum absolute atomic E-state index is 13.1. The number of nitrogens with zero attached hydrogens (tertiary/aromatic N) is 2. The van der Waals surface area contributed by atoms with Crippen molar-refractivity contribution in [3.63, 3.8) is 0 Å². The van der Waals surface area contributed by atoms with Crippen LogP contribution >= 0.6 is 0 Å². The molecule has 0 saturated heterocycles. The first-order valence-corrected chi connectivity index (χ1v) is 13.7. The van der Waals surface area contributed by atoms with Crippen LogP contribution in [0.5, 0.6) is 0 Å². The molecule has 0 fully saturated rings. The van der Waals surface area contributed by atoms with E-state index in [1.807, 2.05) is 26.0 Å². The summed E-state index contributed by atoms with van der Waals surface area (Å²) in [4.78, 5) is 17.0. The van der Waals surface area contributed by atoms with E-state index in [1.54, 1.807) is 30.5 Å². The summed E-state index contributed by atoms with van der Waals surface area (Å²) in [6, 6.07) is 6.18. The summed E-state index contributed by atoms with van der Waals surface area (Å²) in [5.41, 5.74) is 2.41. The lowest BCUT2D eigenvalue weighted by molar-refractivity contribution is -0.116. The van der Waals surface area contributed by atoms with Crippen LogP contribution in [0.1, 0.15) is 38.7 Å². The lowest BCUT2D eigenvalue weighted by atomic mass is 9.97. The van der Waals surface area contributed by atoms with E-state index in [4.69, 9.17) is 0 Å². The fourth-order valence-corrected chi connectivity index (χ4v) is 5.34. The average Bonchev–Trinajstić information content (AvgIpc) is 2.82. The van der Waals surface area contributed by atoms with Crippen LogP contribution in [0, 0.1) is 11.7 Å². The fourth-order valence-electron chi connectivity index (χ4n) is 4.06. The number of halogens is 1. The largest absolute Gasteiger partial charge is 0.352 e. The van der Waals surface area contributed by atoms with Crippen LogP contribution in [0.4, 0.5) is 4.39 Å². The highest BCUT2D eigenvalue weighted by atomic mass is 32.2. The molecule has 0 aliphatic carbocycles. The molecule has 1 aromatic rings. The van der Waals surface area contributed by atoms with Crippen molar-refractivity contribution in [2.24, 2.45) is 10.9 Å². The lowest BCUT2D eigenvalue weighted by Gasteiger charge is -2.33. The average molecular weight is 502 g/mol. The number of benzene rings is 1. The summed E-state index contributed by atoms with van der Waals surface area (Å²) in [7, 11) is -3.37. The predicted molar refractivity (Wildman–Crippen MR) is 141 cm³/mol. The monoisotopic (exact) mass is 501 g/mol. The summed E-state index contributed by atoms with van der Waals surface area (Å²) in [5.74, 6) is -0.598. The van der Waals surface area contributed by atoms with Crippen molar-refractivity contribution in [3.05, 3.63) is 84.4 Å². The molecule has 0 aromatic heterocycles. The predicted octanol–water partition coefficient (Wildman–Crippen LogP) is 4.58. The Morgan fingerprint density at radius 1 is 1.29 bits per heavy atom. The first-order chi connectivity index (χ1) is 16.7. The zero-order chi connectivity index (χ0) is 25.8. The second-order valence-corrected chi connectivity index (χ2v) is 10.5. The molecular formula is C27H36FN3O3S. The third kappa shape index (κ3) is 9.38. The molecule has 1 aromatic carbocycles. The molecule has 6 nitrogen and oxygen atoms in total. The maximum atomic E-state index is 13.1. The molecule has 0 radical (unpaired) electrons. The normalized spacial score (nSPS) is 20.4. The second-order valence-electron chi connectivity index (χ2n) is 8.59. The van der Waals surface area contributed by atoms with Gasteiger partial charge in [0.05, 0.1) is 12.0 Å². The van der Waals surface area contributed by atoms with Crippen molar-refractivity contribution in [1.29, 1.82) is 0 Å². The number of hydrogen-bond acceptors (Lipinski definition) is 4. The van der Waals surface area contributed by atoms with Gasteiger partial charge in [0.15, 0.2) is 0 Å². The third-order valence-electron chi connectivity index (χ3n) is 5.93. The topological polar surface area (TPSA) is 78.8 Å². The Balaban J connectivity index is 2.23. The fraction of sp³-hybridized carbons (Fsp3) is 0.407. The minimum absolute atomic E-state index is 0.0633. The molecule has 1 N–H and O–H groups in total. The molecule has 0 saturated carbocycles. The minimum Gasteiger partial charge on any atom is -0.352 e. The third-order valence-corrected chi connectivity index (χ3v) is 7.31. The standard InChI is InChI=1S/C27H36FN3O3S/c1-5-23(11-9-10-22-13-15-24(28)16-14-22)25-17-18-27(32)30-20-21(3)26(12-7-8-19-29-25)31(6-2)35(4,33)34/h5,8,11,13-19,21,26H,1,6-7,9-10,12,20H2,2-4H3,(H,30,32). The number of hydrogen-bond donors (Lipinski definition) is 1. The van der Waals surface area contributed by atoms with E-state index in [9.17, 15) is 17.6 Å². The van der Waals surface area contributed by atoms with E-state index in [0.29, 0.717) is 38.1 Å². The summed E-state index contributed by atoms with van der Waals surface area (Å²) in [5, 5.41) is 2.88. The number of aryl methyl sites for hydroxylation is 1. The number of carbonyl (C=O) groups is 1. The Morgan fingerprint density at radius 3 is 2.63 bits per heavy atom. The lowest BCUT2D eigenvalue weighted by Crippen LogP contribution is -2.46. The SMILES string of the molecule is C=CC(=CCCc1ccc(F)cc1)C1=NC=CCCC(N(CC)S(C)(=O)=O)C(C)CNC(=O)C=C1. The van der Waals surface area contributed by atoms with Crippen molar-refractivity contribution < 1.29 is 17.6 Å². The van der Waals surface area contributed by atoms with Crippen molar-refractivity contribution >= 4 is 21.6 Å². The molecule has 0 bridgehead atoms. The number of rotatable bonds is 8. The summed E-state index contributed by atoms with van der Waals surface area (Å²) < 4.78 is 39.2. The van der Waals surface area contributed by atoms with Gasteiger partial charge in [-0.15, -0.1) is 0 Å². The zero-order valence-corrected chi connectivity index (χ0v) is 21.6. The van der Waals surface area contributed by atoms with Gasteiger partial charge in [0.2, 0.25) is 15.9 Å². The molecule has 35 heavy (non-hydrogen) atoms.